The van der Waals surface area contributed by atoms with Gasteiger partial charge >= 0.3 is 12.1 Å². The highest BCUT2D eigenvalue weighted by atomic mass is 35.5. The van der Waals surface area contributed by atoms with Gasteiger partial charge in [0.05, 0.1) is 10.7 Å². The first kappa shape index (κ1) is 23.5. The molecule has 3 N–H and O–H groups in total. The van der Waals surface area contributed by atoms with Crippen molar-refractivity contribution < 1.29 is 32.3 Å². The van der Waals surface area contributed by atoms with Crippen LogP contribution >= 0.6 is 23.2 Å². The number of aliphatic carboxylic acids is 1. The molecule has 28 heavy (non-hydrogen) atoms. The number of carbonyl (C=O) groups is 2. The number of carboxylic acid groups (broad SMARTS) is 1. The molecule has 0 radical (unpaired) electrons. The lowest BCUT2D eigenvalue weighted by molar-refractivity contribution is -0.192. The molecule has 1 unspecified atom stereocenters. The minimum absolute atomic E-state index is 0.388. The molecule has 11 heteroatoms. The largest absolute Gasteiger partial charge is 0.490 e. The molecule has 0 aromatic heterocycles. The van der Waals surface area contributed by atoms with Crippen LogP contribution in [0.25, 0.3) is 0 Å². The van der Waals surface area contributed by atoms with Gasteiger partial charge < -0.3 is 15.7 Å². The second kappa shape index (κ2) is 10.7. The van der Waals surface area contributed by atoms with E-state index in [-0.39, 0.29) is 0 Å². The number of carbonyl (C=O) groups excluding carboxylic acids is 1. The van der Waals surface area contributed by atoms with Gasteiger partial charge in [0.2, 0.25) is 0 Å². The Kier molecular flexibility index (Phi) is 9.01. The van der Waals surface area contributed by atoms with Crippen LogP contribution in [-0.4, -0.2) is 28.8 Å². The van der Waals surface area contributed by atoms with Crippen LogP contribution in [0.5, 0.6) is 0 Å². The van der Waals surface area contributed by atoms with Gasteiger partial charge in [0.1, 0.15) is 0 Å². The summed E-state index contributed by atoms with van der Waals surface area (Å²) in [5, 5.41) is 13.1. The summed E-state index contributed by atoms with van der Waals surface area (Å²) in [5.74, 6) is -3.68. The van der Waals surface area contributed by atoms with E-state index in [1.54, 1.807) is 12.1 Å². The SMILES string of the molecule is O=C(Nc1ccc(NCc2ccccc2)c(Cl)c1)C(F)Cl.O=C(O)C(F)(F)F. The van der Waals surface area contributed by atoms with E-state index in [1.807, 2.05) is 30.3 Å². The molecular formula is C17H14Cl2F4N2O3. The number of carboxylic acids is 1. The summed E-state index contributed by atoms with van der Waals surface area (Å²) in [7, 11) is 0. The molecule has 2 aromatic rings. The van der Waals surface area contributed by atoms with Crippen molar-refractivity contribution in [1.82, 2.24) is 0 Å². The average molecular weight is 441 g/mol. The van der Waals surface area contributed by atoms with Gasteiger partial charge in [-0.15, -0.1) is 0 Å². The first-order valence-corrected chi connectivity index (χ1v) is 8.28. The molecule has 0 aliphatic carbocycles. The van der Waals surface area contributed by atoms with Gasteiger partial charge in [0.25, 0.3) is 11.5 Å². The monoisotopic (exact) mass is 440 g/mol. The van der Waals surface area contributed by atoms with E-state index >= 15 is 0 Å². The van der Waals surface area contributed by atoms with Crippen molar-refractivity contribution in [3.63, 3.8) is 0 Å². The number of amides is 1. The average Bonchev–Trinajstić information content (AvgIpc) is 2.61. The van der Waals surface area contributed by atoms with Crippen LogP contribution in [0.1, 0.15) is 5.56 Å². The normalized spacial score (nSPS) is 11.6. The Hall–Kier alpha value is -2.52. The van der Waals surface area contributed by atoms with E-state index in [2.05, 4.69) is 10.6 Å². The number of anilines is 2. The molecule has 0 saturated heterocycles. The molecule has 2 aromatic carbocycles. The Balaban J connectivity index is 0.000000480. The van der Waals surface area contributed by atoms with Crippen LogP contribution in [0.4, 0.5) is 28.9 Å². The predicted octanol–water partition coefficient (Wildman–Crippen LogP) is 5.06. The van der Waals surface area contributed by atoms with Crippen molar-refractivity contribution in [2.24, 2.45) is 0 Å². The Morgan fingerprint density at radius 3 is 2.14 bits per heavy atom. The molecule has 5 nitrogen and oxygen atoms in total. The quantitative estimate of drug-likeness (QED) is 0.448. The summed E-state index contributed by atoms with van der Waals surface area (Å²) in [6, 6.07) is 14.7. The van der Waals surface area contributed by atoms with Gasteiger partial charge in [-0.3, -0.25) is 4.79 Å². The minimum Gasteiger partial charge on any atom is -0.475 e. The lowest BCUT2D eigenvalue weighted by Crippen LogP contribution is -2.21. The molecule has 0 bridgehead atoms. The predicted molar refractivity (Wildman–Crippen MR) is 98.3 cm³/mol. The Labute approximate surface area is 167 Å². The van der Waals surface area contributed by atoms with Crippen molar-refractivity contribution in [3.8, 4) is 0 Å². The summed E-state index contributed by atoms with van der Waals surface area (Å²) in [5.41, 5.74) is 0.146. The Morgan fingerprint density at radius 2 is 1.68 bits per heavy atom. The van der Waals surface area contributed by atoms with Crippen LogP contribution < -0.4 is 10.6 Å². The summed E-state index contributed by atoms with van der Waals surface area (Å²) < 4.78 is 44.3. The van der Waals surface area contributed by atoms with Crippen LogP contribution in [0.3, 0.4) is 0 Å². The van der Waals surface area contributed by atoms with Gasteiger partial charge in [0, 0.05) is 12.2 Å². The summed E-state index contributed by atoms with van der Waals surface area (Å²) >= 11 is 11.2. The fraction of sp³-hybridized carbons (Fsp3) is 0.176. The zero-order chi connectivity index (χ0) is 21.3. The number of hydrogen-bond donors (Lipinski definition) is 3. The van der Waals surface area contributed by atoms with E-state index in [9.17, 15) is 22.4 Å². The summed E-state index contributed by atoms with van der Waals surface area (Å²) in [4.78, 5) is 20.0. The molecule has 1 atom stereocenters. The van der Waals surface area contributed by atoms with Crippen molar-refractivity contribution in [1.29, 1.82) is 0 Å². The van der Waals surface area contributed by atoms with Crippen molar-refractivity contribution in [2.45, 2.75) is 18.4 Å². The third-order valence-electron chi connectivity index (χ3n) is 3.00. The molecule has 0 aliphatic rings. The number of hydrogen-bond acceptors (Lipinski definition) is 3. The first-order valence-electron chi connectivity index (χ1n) is 7.47. The number of halogens is 6. The van der Waals surface area contributed by atoms with Crippen LogP contribution in [0.2, 0.25) is 5.02 Å². The van der Waals surface area contributed by atoms with Crippen molar-refractivity contribution >= 4 is 46.5 Å². The molecule has 0 aliphatic heterocycles. The van der Waals surface area contributed by atoms with Gasteiger partial charge in [0.15, 0.2) is 0 Å². The molecule has 152 valence electrons. The van der Waals surface area contributed by atoms with Crippen molar-refractivity contribution in [2.75, 3.05) is 10.6 Å². The Morgan fingerprint density at radius 1 is 1.11 bits per heavy atom. The molecular weight excluding hydrogens is 427 g/mol. The lowest BCUT2D eigenvalue weighted by Gasteiger charge is -2.11. The molecule has 2 rings (SSSR count). The first-order chi connectivity index (χ1) is 13.0. The second-order valence-electron chi connectivity index (χ2n) is 5.13. The summed E-state index contributed by atoms with van der Waals surface area (Å²) in [6.45, 7) is 0.625. The topological polar surface area (TPSA) is 78.4 Å². The van der Waals surface area contributed by atoms with Crippen LogP contribution in [0, 0.1) is 0 Å². The molecule has 0 saturated carbocycles. The lowest BCUT2D eigenvalue weighted by atomic mass is 10.2. The van der Waals surface area contributed by atoms with E-state index < -0.39 is 23.7 Å². The number of benzene rings is 2. The molecule has 0 heterocycles. The van der Waals surface area contributed by atoms with Gasteiger partial charge in [-0.2, -0.15) is 13.2 Å². The van der Waals surface area contributed by atoms with E-state index in [1.165, 1.54) is 6.07 Å². The Bertz CT molecular complexity index is 803. The zero-order valence-corrected chi connectivity index (χ0v) is 15.4. The molecule has 0 spiro atoms. The molecule has 1 amide bonds. The van der Waals surface area contributed by atoms with Crippen molar-refractivity contribution in [3.05, 3.63) is 59.1 Å². The minimum atomic E-state index is -5.08. The number of alkyl halides is 5. The van der Waals surface area contributed by atoms with E-state index in [4.69, 9.17) is 33.1 Å². The smallest absolute Gasteiger partial charge is 0.475 e. The highest BCUT2D eigenvalue weighted by Crippen LogP contribution is 2.26. The van der Waals surface area contributed by atoms with Gasteiger partial charge in [-0.1, -0.05) is 53.5 Å². The maximum atomic E-state index is 12.6. The van der Waals surface area contributed by atoms with Crippen LogP contribution in [0.15, 0.2) is 48.5 Å². The van der Waals surface area contributed by atoms with E-state index in [0.29, 0.717) is 17.3 Å². The highest BCUT2D eigenvalue weighted by molar-refractivity contribution is 6.34. The third kappa shape index (κ3) is 8.45. The maximum absolute atomic E-state index is 12.6. The fourth-order valence-electron chi connectivity index (χ4n) is 1.73. The van der Waals surface area contributed by atoms with E-state index in [0.717, 1.165) is 11.3 Å². The molecule has 0 fully saturated rings. The number of rotatable bonds is 5. The summed E-state index contributed by atoms with van der Waals surface area (Å²) in [6.07, 6.45) is -5.08. The van der Waals surface area contributed by atoms with Crippen LogP contribution in [-0.2, 0) is 16.1 Å². The highest BCUT2D eigenvalue weighted by Gasteiger charge is 2.38. The second-order valence-corrected chi connectivity index (χ2v) is 5.92. The standard InChI is InChI=1S/C15H13Cl2FN2O.C2HF3O2/c16-12-8-11(20-15(21)14(17)18)6-7-13(12)19-9-10-4-2-1-3-5-10;3-2(4,5)1(6)7/h1-8,14,19H,9H2,(H,20,21);(H,6,7). The van der Waals surface area contributed by atoms with Gasteiger partial charge in [-0.25, -0.2) is 9.18 Å². The van der Waals surface area contributed by atoms with Gasteiger partial charge in [-0.05, 0) is 23.8 Å². The number of nitrogens with one attached hydrogen (secondary N) is 2. The maximum Gasteiger partial charge on any atom is 0.490 e. The third-order valence-corrected chi connectivity index (χ3v) is 3.51. The zero-order valence-electron chi connectivity index (χ0n) is 13.9. The fourth-order valence-corrected chi connectivity index (χ4v) is 2.03.